The number of hydrogen-bond acceptors (Lipinski definition) is 6. The topological polar surface area (TPSA) is 78.4 Å². The summed E-state index contributed by atoms with van der Waals surface area (Å²) < 4.78 is 81.5. The Morgan fingerprint density at radius 1 is 0.864 bits per heavy atom. The molecule has 0 radical (unpaired) electrons. The minimum atomic E-state index is -4.79. The van der Waals surface area contributed by atoms with E-state index in [1.54, 1.807) is 11.0 Å². The molecule has 1 fully saturated rings. The fraction of sp³-hybridized carbons (Fsp3) is 0.267. The maximum Gasteiger partial charge on any atom is 0.417 e. The number of halogens is 6. The number of hydrogen-bond donors (Lipinski definition) is 1. The summed E-state index contributed by atoms with van der Waals surface area (Å²) in [7, 11) is 0. The van der Waals surface area contributed by atoms with Gasteiger partial charge in [0, 0.05) is 11.4 Å². The number of thiocarbonyl (C=S) groups is 1. The molecule has 0 aliphatic carbocycles. The molecule has 1 saturated heterocycles. The summed E-state index contributed by atoms with van der Waals surface area (Å²) in [5.74, 6) is 0.560. The highest BCUT2D eigenvalue weighted by Crippen LogP contribution is 2.40. The number of nitriles is 2. The SMILES string of the molecule is Cc1ccc(N2C(=S)N(c3ccc(C#N)c(C(F)(F)F)c3)C(=NCSCNc3ccc(C#N)c(C(F)(F)F)c3)C2(C)C)cc1. The molecular formula is C30H24F6N6S2. The third-order valence-electron chi connectivity index (χ3n) is 6.81. The van der Waals surface area contributed by atoms with Gasteiger partial charge in [0.25, 0.3) is 0 Å². The lowest BCUT2D eigenvalue weighted by molar-refractivity contribution is -0.138. The van der Waals surface area contributed by atoms with Crippen molar-refractivity contribution >= 4 is 52.0 Å². The van der Waals surface area contributed by atoms with Gasteiger partial charge in [-0.1, -0.05) is 17.7 Å². The van der Waals surface area contributed by atoms with Crippen LogP contribution in [0.25, 0.3) is 0 Å². The molecule has 1 aliphatic rings. The van der Waals surface area contributed by atoms with Crippen molar-refractivity contribution in [3.05, 3.63) is 88.5 Å². The Morgan fingerprint density at radius 3 is 1.98 bits per heavy atom. The van der Waals surface area contributed by atoms with Crippen LogP contribution in [-0.2, 0) is 12.4 Å². The molecule has 4 rings (SSSR count). The molecule has 14 heteroatoms. The second-order valence-corrected chi connectivity index (χ2v) is 11.5. The van der Waals surface area contributed by atoms with Crippen molar-refractivity contribution in [2.75, 3.05) is 26.9 Å². The first-order valence-electron chi connectivity index (χ1n) is 12.9. The average Bonchev–Trinajstić information content (AvgIpc) is 3.15. The smallest absolute Gasteiger partial charge is 0.376 e. The molecule has 0 saturated carbocycles. The predicted molar refractivity (Wildman–Crippen MR) is 164 cm³/mol. The minimum absolute atomic E-state index is 0.0724. The van der Waals surface area contributed by atoms with E-state index < -0.39 is 40.1 Å². The molecule has 0 unspecified atom stereocenters. The van der Waals surface area contributed by atoms with Crippen molar-refractivity contribution < 1.29 is 26.3 Å². The van der Waals surface area contributed by atoms with Crippen LogP contribution in [0.5, 0.6) is 0 Å². The number of rotatable bonds is 7. The van der Waals surface area contributed by atoms with Gasteiger partial charge >= 0.3 is 12.4 Å². The lowest BCUT2D eigenvalue weighted by Gasteiger charge is -2.31. The highest BCUT2D eigenvalue weighted by molar-refractivity contribution is 7.99. The summed E-state index contributed by atoms with van der Waals surface area (Å²) in [4.78, 5) is 7.92. The first-order valence-corrected chi connectivity index (χ1v) is 14.5. The van der Waals surface area contributed by atoms with E-state index >= 15 is 0 Å². The fourth-order valence-electron chi connectivity index (χ4n) is 4.70. The molecular weight excluding hydrogens is 622 g/mol. The monoisotopic (exact) mass is 646 g/mol. The van der Waals surface area contributed by atoms with E-state index in [0.717, 1.165) is 29.8 Å². The molecule has 0 bridgehead atoms. The summed E-state index contributed by atoms with van der Waals surface area (Å²) in [6.07, 6.45) is -9.48. The number of amidine groups is 1. The predicted octanol–water partition coefficient (Wildman–Crippen LogP) is 8.32. The molecule has 3 aromatic carbocycles. The standard InChI is InChI=1S/C30H24F6N6S2/c1-18-4-9-22(10-5-18)42-27(43)41(23-11-7-20(15-38)25(13-23)30(34,35)36)26(28(42,2)3)40-17-44-16-39-21-8-6-19(14-37)24(12-21)29(31,32)33/h4-13,39H,16-17H2,1-3H3. The Hall–Kier alpha value is -4.27. The molecule has 1 aliphatic heterocycles. The fourth-order valence-corrected chi connectivity index (χ4v) is 5.80. The Labute approximate surface area is 259 Å². The van der Waals surface area contributed by atoms with Crippen LogP contribution < -0.4 is 15.1 Å². The maximum absolute atomic E-state index is 13.9. The molecule has 1 heterocycles. The molecule has 3 aromatic rings. The molecule has 0 amide bonds. The first-order chi connectivity index (χ1) is 20.6. The van der Waals surface area contributed by atoms with Gasteiger partial charge in [-0.05, 0) is 81.5 Å². The van der Waals surface area contributed by atoms with Crippen LogP contribution in [0.15, 0.2) is 65.7 Å². The van der Waals surface area contributed by atoms with Gasteiger partial charge in [-0.3, -0.25) is 9.89 Å². The van der Waals surface area contributed by atoms with Crippen molar-refractivity contribution in [1.29, 1.82) is 10.5 Å². The molecule has 0 aromatic heterocycles. The average molecular weight is 647 g/mol. The largest absolute Gasteiger partial charge is 0.417 e. The van der Waals surface area contributed by atoms with Crippen LogP contribution >= 0.6 is 24.0 Å². The van der Waals surface area contributed by atoms with Gasteiger partial charge in [-0.2, -0.15) is 36.9 Å². The van der Waals surface area contributed by atoms with Crippen LogP contribution in [-0.4, -0.2) is 28.2 Å². The summed E-state index contributed by atoms with van der Waals surface area (Å²) in [6.45, 7) is 5.56. The first kappa shape index (κ1) is 32.6. The number of anilines is 3. The number of nitrogens with one attached hydrogen (secondary N) is 1. The van der Waals surface area contributed by atoms with E-state index in [2.05, 4.69) is 5.32 Å². The Balaban J connectivity index is 1.65. The van der Waals surface area contributed by atoms with E-state index in [-0.39, 0.29) is 28.2 Å². The number of nitrogens with zero attached hydrogens (tertiary/aromatic N) is 5. The minimum Gasteiger partial charge on any atom is -0.376 e. The van der Waals surface area contributed by atoms with Gasteiger partial charge < -0.3 is 10.2 Å². The molecule has 228 valence electrons. The van der Waals surface area contributed by atoms with Crippen LogP contribution in [0.3, 0.4) is 0 Å². The zero-order valence-corrected chi connectivity index (χ0v) is 25.1. The van der Waals surface area contributed by atoms with Gasteiger partial charge in [0.2, 0.25) is 0 Å². The van der Waals surface area contributed by atoms with Gasteiger partial charge in [0.05, 0.1) is 57.4 Å². The third-order valence-corrected chi connectivity index (χ3v) is 7.83. The van der Waals surface area contributed by atoms with Crippen molar-refractivity contribution in [1.82, 2.24) is 0 Å². The number of benzene rings is 3. The van der Waals surface area contributed by atoms with E-state index in [0.29, 0.717) is 11.5 Å². The van der Waals surface area contributed by atoms with Crippen molar-refractivity contribution in [3.63, 3.8) is 0 Å². The van der Waals surface area contributed by atoms with E-state index in [1.807, 2.05) is 45.0 Å². The van der Waals surface area contributed by atoms with Crippen LogP contribution in [0.2, 0.25) is 0 Å². The summed E-state index contributed by atoms with van der Waals surface area (Å²) in [5, 5.41) is 21.3. The molecule has 44 heavy (non-hydrogen) atoms. The zero-order chi connectivity index (χ0) is 32.4. The van der Waals surface area contributed by atoms with Crippen molar-refractivity contribution in [3.8, 4) is 12.1 Å². The van der Waals surface area contributed by atoms with Crippen LogP contribution in [0.1, 0.15) is 41.7 Å². The second kappa shape index (κ2) is 12.4. The lowest BCUT2D eigenvalue weighted by Crippen LogP contribution is -2.44. The molecule has 0 atom stereocenters. The Bertz CT molecular complexity index is 1680. The number of aryl methyl sites for hydroxylation is 1. The summed E-state index contributed by atoms with van der Waals surface area (Å²) in [6, 6.07) is 17.2. The molecule has 6 nitrogen and oxygen atoms in total. The highest BCUT2D eigenvalue weighted by Gasteiger charge is 2.48. The Kier molecular flexibility index (Phi) is 9.18. The molecule has 1 N–H and O–H groups in total. The Morgan fingerprint density at radius 2 is 1.41 bits per heavy atom. The van der Waals surface area contributed by atoms with Gasteiger partial charge in [0.15, 0.2) is 5.11 Å². The maximum atomic E-state index is 13.9. The van der Waals surface area contributed by atoms with E-state index in [9.17, 15) is 31.6 Å². The van der Waals surface area contributed by atoms with E-state index in [4.69, 9.17) is 22.5 Å². The zero-order valence-electron chi connectivity index (χ0n) is 23.5. The molecule has 0 spiro atoms. The van der Waals surface area contributed by atoms with Crippen LogP contribution in [0, 0.1) is 29.6 Å². The van der Waals surface area contributed by atoms with E-state index in [1.165, 1.54) is 34.9 Å². The third kappa shape index (κ3) is 6.61. The van der Waals surface area contributed by atoms with Gasteiger partial charge in [0.1, 0.15) is 5.84 Å². The van der Waals surface area contributed by atoms with Gasteiger partial charge in [-0.15, -0.1) is 11.8 Å². The number of thioether (sulfide) groups is 1. The lowest BCUT2D eigenvalue weighted by atomic mass is 10.0. The number of aliphatic imine (C=N–C) groups is 1. The number of alkyl halides is 6. The summed E-state index contributed by atoms with van der Waals surface area (Å²) >= 11 is 7.02. The van der Waals surface area contributed by atoms with Gasteiger partial charge in [-0.25, -0.2) is 0 Å². The summed E-state index contributed by atoms with van der Waals surface area (Å²) in [5.41, 5.74) is -2.19. The quantitative estimate of drug-likeness (QED) is 0.120. The second-order valence-electron chi connectivity index (χ2n) is 10.2. The van der Waals surface area contributed by atoms with Crippen molar-refractivity contribution in [2.45, 2.75) is 38.7 Å². The normalized spacial score (nSPS) is 15.8. The van der Waals surface area contributed by atoms with Crippen LogP contribution in [0.4, 0.5) is 43.4 Å². The highest BCUT2D eigenvalue weighted by atomic mass is 32.2. The van der Waals surface area contributed by atoms with Crippen molar-refractivity contribution in [2.24, 2.45) is 4.99 Å².